The topological polar surface area (TPSA) is 62.2 Å². The van der Waals surface area contributed by atoms with E-state index in [4.69, 9.17) is 5.11 Å². The molecule has 0 aliphatic carbocycles. The van der Waals surface area contributed by atoms with Crippen LogP contribution in [0.25, 0.3) is 0 Å². The predicted octanol–water partition coefficient (Wildman–Crippen LogP) is 3.19. The van der Waals surface area contributed by atoms with Gasteiger partial charge in [0.05, 0.1) is 11.3 Å². The quantitative estimate of drug-likeness (QED) is 0.880. The highest BCUT2D eigenvalue weighted by Gasteiger charge is 2.10. The summed E-state index contributed by atoms with van der Waals surface area (Å²) in [6, 6.07) is 7.69. The average molecular weight is 276 g/mol. The maximum atomic E-state index is 10.9. The largest absolute Gasteiger partial charge is 0.478 e. The molecule has 2 aromatic rings. The Hall–Kier alpha value is -1.88. The first-order valence-corrected chi connectivity index (χ1v) is 6.94. The summed E-state index contributed by atoms with van der Waals surface area (Å²) in [6.07, 6.45) is 0.930. The van der Waals surface area contributed by atoms with Crippen molar-refractivity contribution in [3.05, 3.63) is 45.8 Å². The van der Waals surface area contributed by atoms with Gasteiger partial charge >= 0.3 is 5.97 Å². The Morgan fingerprint density at radius 2 is 2.26 bits per heavy atom. The van der Waals surface area contributed by atoms with Gasteiger partial charge in [-0.05, 0) is 37.4 Å². The number of aromatic carboxylic acids is 1. The molecule has 0 amide bonds. The van der Waals surface area contributed by atoms with Crippen LogP contribution in [0.3, 0.4) is 0 Å². The molecule has 0 radical (unpaired) electrons. The van der Waals surface area contributed by atoms with Gasteiger partial charge in [-0.15, -0.1) is 11.3 Å². The molecule has 0 fully saturated rings. The third-order valence-electron chi connectivity index (χ3n) is 2.80. The number of aryl methyl sites for hydroxylation is 1. The second-order valence-electron chi connectivity index (χ2n) is 4.46. The van der Waals surface area contributed by atoms with Crippen molar-refractivity contribution in [1.29, 1.82) is 0 Å². The molecule has 2 rings (SSSR count). The molecule has 1 unspecified atom stereocenters. The lowest BCUT2D eigenvalue weighted by molar-refractivity contribution is 0.0695. The lowest BCUT2D eigenvalue weighted by atomic mass is 10.2. The summed E-state index contributed by atoms with van der Waals surface area (Å²) in [5.41, 5.74) is 0.775. The number of rotatable bonds is 5. The van der Waals surface area contributed by atoms with E-state index in [1.54, 1.807) is 30.4 Å². The second-order valence-corrected chi connectivity index (χ2v) is 5.50. The highest BCUT2D eigenvalue weighted by molar-refractivity contribution is 7.09. The Bertz CT molecular complexity index is 567. The number of anilines is 1. The Morgan fingerprint density at radius 1 is 1.47 bits per heavy atom. The van der Waals surface area contributed by atoms with Gasteiger partial charge in [-0.25, -0.2) is 9.78 Å². The minimum absolute atomic E-state index is 0.247. The lowest BCUT2D eigenvalue weighted by Crippen LogP contribution is -2.18. The first-order chi connectivity index (χ1) is 9.06. The molecule has 0 spiro atoms. The Labute approximate surface area is 116 Å². The highest BCUT2D eigenvalue weighted by atomic mass is 32.1. The number of carboxylic acids is 1. The normalized spacial score (nSPS) is 12.1. The molecule has 0 saturated heterocycles. The number of nitrogens with one attached hydrogen (secondary N) is 1. The second kappa shape index (κ2) is 5.84. The Morgan fingerprint density at radius 3 is 2.84 bits per heavy atom. The zero-order valence-corrected chi connectivity index (χ0v) is 11.7. The van der Waals surface area contributed by atoms with E-state index in [9.17, 15) is 4.79 Å². The van der Waals surface area contributed by atoms with Crippen LogP contribution in [-0.4, -0.2) is 22.1 Å². The van der Waals surface area contributed by atoms with E-state index in [2.05, 4.69) is 28.7 Å². The van der Waals surface area contributed by atoms with Crippen molar-refractivity contribution in [1.82, 2.24) is 4.98 Å². The van der Waals surface area contributed by atoms with Crippen LogP contribution >= 0.6 is 11.3 Å². The van der Waals surface area contributed by atoms with Crippen LogP contribution in [0.15, 0.2) is 29.6 Å². The van der Waals surface area contributed by atoms with E-state index >= 15 is 0 Å². The van der Waals surface area contributed by atoms with E-state index in [0.29, 0.717) is 11.5 Å². The highest BCUT2D eigenvalue weighted by Crippen LogP contribution is 2.15. The molecular formula is C14H16N2O2S. The van der Waals surface area contributed by atoms with Gasteiger partial charge in [-0.2, -0.15) is 0 Å². The van der Waals surface area contributed by atoms with Crippen LogP contribution in [0, 0.1) is 6.92 Å². The molecule has 1 atom stereocenters. The molecule has 0 aliphatic rings. The molecule has 19 heavy (non-hydrogen) atoms. The Kier molecular flexibility index (Phi) is 4.16. The van der Waals surface area contributed by atoms with Gasteiger partial charge in [0.1, 0.15) is 5.82 Å². The molecular weight excluding hydrogens is 260 g/mol. The van der Waals surface area contributed by atoms with Crippen LogP contribution in [-0.2, 0) is 6.42 Å². The average Bonchev–Trinajstić information content (AvgIpc) is 2.81. The van der Waals surface area contributed by atoms with Crippen LogP contribution in [0.4, 0.5) is 5.82 Å². The van der Waals surface area contributed by atoms with Crippen LogP contribution in [0.1, 0.15) is 27.9 Å². The minimum atomic E-state index is -0.941. The number of carbonyl (C=O) groups is 1. The molecule has 100 valence electrons. The smallest absolute Gasteiger partial charge is 0.337 e. The van der Waals surface area contributed by atoms with E-state index < -0.39 is 5.97 Å². The van der Waals surface area contributed by atoms with Crippen molar-refractivity contribution >= 4 is 23.1 Å². The molecule has 4 nitrogen and oxygen atoms in total. The fourth-order valence-corrected chi connectivity index (χ4v) is 2.74. The number of nitrogens with zero attached hydrogens (tertiary/aromatic N) is 1. The fourth-order valence-electron chi connectivity index (χ4n) is 1.90. The van der Waals surface area contributed by atoms with Gasteiger partial charge in [0.2, 0.25) is 0 Å². The molecule has 2 aromatic heterocycles. The number of pyridine rings is 1. The van der Waals surface area contributed by atoms with Crippen LogP contribution in [0.2, 0.25) is 0 Å². The van der Waals surface area contributed by atoms with Crippen LogP contribution < -0.4 is 5.32 Å². The molecule has 0 aliphatic heterocycles. The standard InChI is InChI=1S/C14H16N2O2S/c1-9(8-11-4-3-7-19-11)15-13-6-5-12(14(17)18)10(2)16-13/h3-7,9H,8H2,1-2H3,(H,15,16)(H,17,18). The van der Waals surface area contributed by atoms with Gasteiger partial charge in [0, 0.05) is 17.3 Å². The minimum Gasteiger partial charge on any atom is -0.478 e. The van der Waals surface area contributed by atoms with Crippen LogP contribution in [0.5, 0.6) is 0 Å². The lowest BCUT2D eigenvalue weighted by Gasteiger charge is -2.14. The summed E-state index contributed by atoms with van der Waals surface area (Å²) in [5, 5.41) is 14.3. The van der Waals surface area contributed by atoms with Gasteiger partial charge < -0.3 is 10.4 Å². The summed E-state index contributed by atoms with van der Waals surface area (Å²) < 4.78 is 0. The third-order valence-corrected chi connectivity index (χ3v) is 3.70. The molecule has 2 heterocycles. The summed E-state index contributed by atoms with van der Waals surface area (Å²) >= 11 is 1.73. The third kappa shape index (κ3) is 3.54. The molecule has 5 heteroatoms. The number of carboxylic acid groups (broad SMARTS) is 1. The Balaban J connectivity index is 2.03. The fraction of sp³-hybridized carbons (Fsp3) is 0.286. The SMILES string of the molecule is Cc1nc(NC(C)Cc2cccs2)ccc1C(=O)O. The van der Waals surface area contributed by atoms with Crippen molar-refractivity contribution in [3.8, 4) is 0 Å². The van der Waals surface area contributed by atoms with Crippen molar-refractivity contribution in [2.45, 2.75) is 26.3 Å². The molecule has 0 bridgehead atoms. The molecule has 2 N–H and O–H groups in total. The molecule has 0 aromatic carbocycles. The van der Waals surface area contributed by atoms with Crippen molar-refractivity contribution in [2.75, 3.05) is 5.32 Å². The van der Waals surface area contributed by atoms with Gasteiger partial charge in [0.25, 0.3) is 0 Å². The summed E-state index contributed by atoms with van der Waals surface area (Å²) in [6.45, 7) is 3.79. The van der Waals surface area contributed by atoms with E-state index in [1.807, 2.05) is 6.07 Å². The van der Waals surface area contributed by atoms with E-state index in [1.165, 1.54) is 4.88 Å². The first kappa shape index (κ1) is 13.5. The zero-order chi connectivity index (χ0) is 13.8. The van der Waals surface area contributed by atoms with Gasteiger partial charge in [-0.3, -0.25) is 0 Å². The predicted molar refractivity (Wildman–Crippen MR) is 77.0 cm³/mol. The zero-order valence-electron chi connectivity index (χ0n) is 10.9. The molecule has 0 saturated carbocycles. The van der Waals surface area contributed by atoms with Crippen molar-refractivity contribution in [2.24, 2.45) is 0 Å². The van der Waals surface area contributed by atoms with Gasteiger partial charge in [0.15, 0.2) is 0 Å². The van der Waals surface area contributed by atoms with E-state index in [-0.39, 0.29) is 11.6 Å². The first-order valence-electron chi connectivity index (χ1n) is 6.06. The summed E-state index contributed by atoms with van der Waals surface area (Å²) in [7, 11) is 0. The number of thiophene rings is 1. The number of aromatic nitrogens is 1. The van der Waals surface area contributed by atoms with Crippen molar-refractivity contribution in [3.63, 3.8) is 0 Å². The van der Waals surface area contributed by atoms with E-state index in [0.717, 1.165) is 6.42 Å². The van der Waals surface area contributed by atoms with Gasteiger partial charge in [-0.1, -0.05) is 6.07 Å². The van der Waals surface area contributed by atoms with Crippen molar-refractivity contribution < 1.29 is 9.90 Å². The summed E-state index contributed by atoms with van der Waals surface area (Å²) in [4.78, 5) is 16.5. The number of hydrogen-bond donors (Lipinski definition) is 2. The monoisotopic (exact) mass is 276 g/mol. The number of hydrogen-bond acceptors (Lipinski definition) is 4. The summed E-state index contributed by atoms with van der Waals surface area (Å²) in [5.74, 6) is -0.227. The maximum absolute atomic E-state index is 10.9. The maximum Gasteiger partial charge on any atom is 0.337 e.